The van der Waals surface area contributed by atoms with E-state index < -0.39 is 17.0 Å². The summed E-state index contributed by atoms with van der Waals surface area (Å²) in [6, 6.07) is 5.73. The van der Waals surface area contributed by atoms with E-state index in [1.807, 2.05) is 0 Å². The molecule has 11 heteroatoms. The van der Waals surface area contributed by atoms with Crippen molar-refractivity contribution in [1.29, 1.82) is 10.8 Å². The van der Waals surface area contributed by atoms with Crippen LogP contribution in [0.2, 0.25) is 0 Å². The Morgan fingerprint density at radius 3 is 2.47 bits per heavy atom. The first-order valence-corrected chi connectivity index (χ1v) is 8.81. The largest absolute Gasteiger partial charge is 0.493 e. The fraction of sp³-hybridized carbons (Fsp3) is 0.158. The average molecular weight is 438 g/mol. The molecule has 2 aromatic heterocycles. The summed E-state index contributed by atoms with van der Waals surface area (Å²) in [5, 5.41) is 28.8. The molecule has 0 radical (unpaired) electrons. The minimum Gasteiger partial charge on any atom is -0.493 e. The summed E-state index contributed by atoms with van der Waals surface area (Å²) in [7, 11) is 0. The molecule has 0 bridgehead atoms. The molecule has 0 amide bonds. The summed E-state index contributed by atoms with van der Waals surface area (Å²) in [5.41, 5.74) is 0.101. The van der Waals surface area contributed by atoms with E-state index in [9.17, 15) is 18.3 Å². The molecule has 7 nitrogen and oxygen atoms in total. The summed E-state index contributed by atoms with van der Waals surface area (Å²) in [5.74, 6) is -0.765. The number of aromatic hydroxyl groups is 1. The third kappa shape index (κ3) is 4.13. The molecule has 0 aliphatic heterocycles. The standard InChI is InChI=1S/C19H15ClF3N5O2/c1-9-5-6-26-16(29)15(9)12-4-3-11(19(21,22)23)8-13(12)30-17-10(2)7-14(24)28(27-17)18(20)25/h3-8,24-25H,1-2H3,(H,26,29). The zero-order chi connectivity index (χ0) is 22.2. The van der Waals surface area contributed by atoms with Gasteiger partial charge in [0.15, 0.2) is 0 Å². The van der Waals surface area contributed by atoms with Crippen molar-refractivity contribution in [3.8, 4) is 28.6 Å². The normalized spacial score (nSPS) is 11.4. The Labute approximate surface area is 173 Å². The maximum absolute atomic E-state index is 13.3. The maximum Gasteiger partial charge on any atom is 0.416 e. The van der Waals surface area contributed by atoms with Crippen LogP contribution in [-0.2, 0) is 6.18 Å². The van der Waals surface area contributed by atoms with Crippen LogP contribution in [0.3, 0.4) is 0 Å². The lowest BCUT2D eigenvalue weighted by atomic mass is 9.99. The van der Waals surface area contributed by atoms with E-state index in [-0.39, 0.29) is 34.1 Å². The van der Waals surface area contributed by atoms with E-state index in [0.29, 0.717) is 11.1 Å². The maximum atomic E-state index is 13.3. The van der Waals surface area contributed by atoms with E-state index in [2.05, 4.69) is 10.1 Å². The highest BCUT2D eigenvalue weighted by molar-refractivity contribution is 6.64. The molecule has 0 spiro atoms. The number of alkyl halides is 3. The molecule has 0 unspecified atom stereocenters. The van der Waals surface area contributed by atoms with Crippen LogP contribution in [0.25, 0.3) is 11.1 Å². The number of nitrogens with one attached hydrogen (secondary N) is 2. The van der Waals surface area contributed by atoms with Crippen LogP contribution in [0.5, 0.6) is 17.5 Å². The Kier molecular flexibility index (Phi) is 5.53. The van der Waals surface area contributed by atoms with Crippen molar-refractivity contribution in [1.82, 2.24) is 14.8 Å². The second-order valence-electron chi connectivity index (χ2n) is 6.36. The fourth-order valence-corrected chi connectivity index (χ4v) is 2.90. The Morgan fingerprint density at radius 1 is 1.17 bits per heavy atom. The van der Waals surface area contributed by atoms with Gasteiger partial charge >= 0.3 is 6.18 Å². The van der Waals surface area contributed by atoms with Crippen LogP contribution in [-0.4, -0.2) is 25.2 Å². The van der Waals surface area contributed by atoms with Gasteiger partial charge in [-0.1, -0.05) is 0 Å². The lowest BCUT2D eigenvalue weighted by Crippen LogP contribution is -2.26. The first kappa shape index (κ1) is 21.3. The number of ether oxygens (including phenoxy) is 1. The molecule has 30 heavy (non-hydrogen) atoms. The SMILES string of the molecule is Cc1cc(=N)n(C(=N)Cl)nc1Oc1cc(C(F)(F)F)ccc1-c1c(C)ccnc1O. The van der Waals surface area contributed by atoms with Crippen LogP contribution in [0.4, 0.5) is 13.2 Å². The van der Waals surface area contributed by atoms with Crippen molar-refractivity contribution >= 4 is 16.9 Å². The second kappa shape index (κ2) is 7.79. The third-order valence-electron chi connectivity index (χ3n) is 4.22. The van der Waals surface area contributed by atoms with Crippen molar-refractivity contribution in [2.24, 2.45) is 0 Å². The number of aryl methyl sites for hydroxylation is 2. The first-order valence-electron chi connectivity index (χ1n) is 8.43. The van der Waals surface area contributed by atoms with Crippen molar-refractivity contribution < 1.29 is 23.0 Å². The topological polar surface area (TPSA) is 108 Å². The van der Waals surface area contributed by atoms with Gasteiger partial charge in [0, 0.05) is 17.3 Å². The van der Waals surface area contributed by atoms with Gasteiger partial charge in [-0.2, -0.15) is 17.9 Å². The van der Waals surface area contributed by atoms with Crippen molar-refractivity contribution in [2.75, 3.05) is 0 Å². The predicted molar refractivity (Wildman–Crippen MR) is 103 cm³/mol. The lowest BCUT2D eigenvalue weighted by molar-refractivity contribution is -0.137. The minimum atomic E-state index is -4.63. The molecule has 3 rings (SSSR count). The molecule has 0 fully saturated rings. The second-order valence-corrected chi connectivity index (χ2v) is 6.72. The number of hydrogen-bond acceptors (Lipinski definition) is 6. The number of halogens is 4. The molecule has 156 valence electrons. The number of nitrogens with zero attached hydrogens (tertiary/aromatic N) is 3. The van der Waals surface area contributed by atoms with Crippen LogP contribution in [0, 0.1) is 24.7 Å². The zero-order valence-electron chi connectivity index (χ0n) is 15.7. The minimum absolute atomic E-state index is 0.155. The highest BCUT2D eigenvalue weighted by Crippen LogP contribution is 2.42. The molecule has 0 aliphatic carbocycles. The van der Waals surface area contributed by atoms with E-state index in [1.165, 1.54) is 18.3 Å². The molecule has 0 saturated heterocycles. The van der Waals surface area contributed by atoms with Crippen molar-refractivity contribution in [3.63, 3.8) is 0 Å². The van der Waals surface area contributed by atoms with Gasteiger partial charge in [-0.05, 0) is 61.3 Å². The van der Waals surface area contributed by atoms with Crippen LogP contribution < -0.4 is 10.2 Å². The van der Waals surface area contributed by atoms with Gasteiger partial charge in [-0.3, -0.25) is 10.8 Å². The van der Waals surface area contributed by atoms with Gasteiger partial charge in [-0.25, -0.2) is 4.98 Å². The summed E-state index contributed by atoms with van der Waals surface area (Å²) in [4.78, 5) is 3.79. The van der Waals surface area contributed by atoms with Gasteiger partial charge in [0.2, 0.25) is 17.1 Å². The van der Waals surface area contributed by atoms with E-state index in [1.54, 1.807) is 19.9 Å². The van der Waals surface area contributed by atoms with Crippen molar-refractivity contribution in [3.05, 3.63) is 58.7 Å². The summed E-state index contributed by atoms with van der Waals surface area (Å²) >= 11 is 5.61. The van der Waals surface area contributed by atoms with E-state index in [4.69, 9.17) is 27.2 Å². The highest BCUT2D eigenvalue weighted by atomic mass is 35.5. The predicted octanol–water partition coefficient (Wildman–Crippen LogP) is 4.58. The first-order chi connectivity index (χ1) is 14.0. The van der Waals surface area contributed by atoms with Crippen molar-refractivity contribution in [2.45, 2.75) is 20.0 Å². The molecule has 1 aromatic carbocycles. The van der Waals surface area contributed by atoms with Gasteiger partial charge < -0.3 is 9.84 Å². The fourth-order valence-electron chi connectivity index (χ4n) is 2.77. The van der Waals surface area contributed by atoms with Gasteiger partial charge in [0.25, 0.3) is 0 Å². The molecule has 2 heterocycles. The third-order valence-corrected chi connectivity index (χ3v) is 4.38. The number of benzene rings is 1. The van der Waals surface area contributed by atoms with Gasteiger partial charge in [-0.15, -0.1) is 5.10 Å². The summed E-state index contributed by atoms with van der Waals surface area (Å²) in [6.07, 6.45) is -3.26. The molecule has 0 aliphatic rings. The van der Waals surface area contributed by atoms with E-state index >= 15 is 0 Å². The molecule has 3 aromatic rings. The highest BCUT2D eigenvalue weighted by Gasteiger charge is 2.32. The molecular formula is C19H15ClF3N5O2. The monoisotopic (exact) mass is 437 g/mol. The Morgan fingerprint density at radius 2 is 1.87 bits per heavy atom. The van der Waals surface area contributed by atoms with Crippen LogP contribution in [0.1, 0.15) is 16.7 Å². The number of rotatable bonds is 3. The number of aromatic nitrogens is 3. The molecular weight excluding hydrogens is 423 g/mol. The molecule has 0 atom stereocenters. The number of hydrogen-bond donors (Lipinski definition) is 3. The van der Waals surface area contributed by atoms with Gasteiger partial charge in [0.1, 0.15) is 11.2 Å². The Bertz CT molecular complexity index is 1190. The summed E-state index contributed by atoms with van der Waals surface area (Å²) < 4.78 is 46.3. The van der Waals surface area contributed by atoms with E-state index in [0.717, 1.165) is 16.8 Å². The quantitative estimate of drug-likeness (QED) is 0.411. The Hall–Kier alpha value is -3.40. The van der Waals surface area contributed by atoms with Crippen LogP contribution >= 0.6 is 11.6 Å². The Balaban J connectivity index is 2.24. The average Bonchev–Trinajstić information content (AvgIpc) is 2.63. The summed E-state index contributed by atoms with van der Waals surface area (Å²) in [6.45, 7) is 3.21. The molecule has 3 N–H and O–H groups in total. The smallest absolute Gasteiger partial charge is 0.416 e. The zero-order valence-corrected chi connectivity index (χ0v) is 16.4. The van der Waals surface area contributed by atoms with Crippen LogP contribution in [0.15, 0.2) is 36.5 Å². The lowest BCUT2D eigenvalue weighted by Gasteiger charge is -2.17. The molecule has 0 saturated carbocycles. The van der Waals surface area contributed by atoms with Gasteiger partial charge in [0.05, 0.1) is 11.1 Å². The number of pyridine rings is 1.